The first-order chi connectivity index (χ1) is 10.4. The van der Waals surface area contributed by atoms with Crippen molar-refractivity contribution in [1.82, 2.24) is 0 Å². The SMILES string of the molecule is C[C@]12CCC(=O)CC1CC(=O)C1C2CC(=O)[C@]2(C)CCCC12. The van der Waals surface area contributed by atoms with Gasteiger partial charge >= 0.3 is 0 Å². The molecule has 4 aliphatic carbocycles. The molecule has 6 atom stereocenters. The first kappa shape index (κ1) is 14.6. The molecule has 0 spiro atoms. The predicted octanol–water partition coefficient (Wildman–Crippen LogP) is 3.35. The van der Waals surface area contributed by atoms with Crippen LogP contribution in [-0.4, -0.2) is 17.3 Å². The average Bonchev–Trinajstić information content (AvgIpc) is 2.85. The smallest absolute Gasteiger partial charge is 0.139 e. The maximum Gasteiger partial charge on any atom is 0.139 e. The zero-order valence-corrected chi connectivity index (χ0v) is 13.7. The maximum absolute atomic E-state index is 12.9. The lowest BCUT2D eigenvalue weighted by atomic mass is 9.45. The van der Waals surface area contributed by atoms with Crippen LogP contribution >= 0.6 is 0 Å². The van der Waals surface area contributed by atoms with Crippen molar-refractivity contribution >= 4 is 17.3 Å². The minimum atomic E-state index is -0.246. The van der Waals surface area contributed by atoms with E-state index in [9.17, 15) is 14.4 Å². The molecule has 4 unspecified atom stereocenters. The number of Topliss-reactive ketones (excluding diaryl/α,β-unsaturated/α-hetero) is 3. The molecule has 3 heteroatoms. The standard InChI is InChI=1S/C19H26O3/c1-18-7-5-12(20)8-11(18)9-15(21)17-13-4-3-6-19(13,2)16(22)10-14(17)18/h11,13-14,17H,3-10H2,1-2H3/t11?,13?,14?,17?,18-,19+/m0/s1. The Morgan fingerprint density at radius 2 is 1.73 bits per heavy atom. The highest BCUT2D eigenvalue weighted by molar-refractivity contribution is 5.92. The van der Waals surface area contributed by atoms with Crippen LogP contribution in [0, 0.1) is 34.5 Å². The minimum absolute atomic E-state index is 0.0199. The Labute approximate surface area is 132 Å². The number of hydrogen-bond acceptors (Lipinski definition) is 3. The van der Waals surface area contributed by atoms with E-state index in [0.29, 0.717) is 43.0 Å². The van der Waals surface area contributed by atoms with Gasteiger partial charge in [0.25, 0.3) is 0 Å². The van der Waals surface area contributed by atoms with Gasteiger partial charge in [0.2, 0.25) is 0 Å². The van der Waals surface area contributed by atoms with E-state index >= 15 is 0 Å². The molecule has 4 aliphatic rings. The summed E-state index contributed by atoms with van der Waals surface area (Å²) < 4.78 is 0. The van der Waals surface area contributed by atoms with Gasteiger partial charge in [-0.3, -0.25) is 14.4 Å². The van der Waals surface area contributed by atoms with E-state index in [-0.39, 0.29) is 34.5 Å². The molecule has 0 N–H and O–H groups in total. The summed E-state index contributed by atoms with van der Waals surface area (Å²) in [7, 11) is 0. The zero-order valence-electron chi connectivity index (χ0n) is 13.7. The van der Waals surface area contributed by atoms with E-state index in [1.807, 2.05) is 0 Å². The Balaban J connectivity index is 1.75. The van der Waals surface area contributed by atoms with Crippen LogP contribution in [0.25, 0.3) is 0 Å². The molecule has 0 aromatic heterocycles. The summed E-state index contributed by atoms with van der Waals surface area (Å²) in [4.78, 5) is 37.6. The molecule has 0 heterocycles. The van der Waals surface area contributed by atoms with Crippen molar-refractivity contribution < 1.29 is 14.4 Å². The topological polar surface area (TPSA) is 51.2 Å². The largest absolute Gasteiger partial charge is 0.300 e. The summed E-state index contributed by atoms with van der Waals surface area (Å²) in [5.74, 6) is 1.77. The van der Waals surface area contributed by atoms with Gasteiger partial charge in [0.15, 0.2) is 0 Å². The van der Waals surface area contributed by atoms with Crippen LogP contribution in [-0.2, 0) is 14.4 Å². The summed E-state index contributed by atoms with van der Waals surface area (Å²) in [5, 5.41) is 0. The number of carbonyl (C=O) groups is 3. The zero-order chi connectivity index (χ0) is 15.7. The maximum atomic E-state index is 12.9. The number of carbonyl (C=O) groups excluding carboxylic acids is 3. The molecule has 0 aliphatic heterocycles. The summed E-state index contributed by atoms with van der Waals surface area (Å²) in [5.41, 5.74) is -0.226. The van der Waals surface area contributed by atoms with Crippen molar-refractivity contribution in [1.29, 1.82) is 0 Å². The molecule has 4 rings (SSSR count). The van der Waals surface area contributed by atoms with Crippen LogP contribution in [0.1, 0.15) is 65.2 Å². The predicted molar refractivity (Wildman–Crippen MR) is 82.1 cm³/mol. The third-order valence-electron chi connectivity index (χ3n) is 7.95. The van der Waals surface area contributed by atoms with Crippen molar-refractivity contribution in [2.45, 2.75) is 65.2 Å². The van der Waals surface area contributed by atoms with Crippen molar-refractivity contribution in [2.75, 3.05) is 0 Å². The first-order valence-corrected chi connectivity index (χ1v) is 8.94. The average molecular weight is 302 g/mol. The van der Waals surface area contributed by atoms with Gasteiger partial charge in [-0.15, -0.1) is 0 Å². The molecule has 0 bridgehead atoms. The summed E-state index contributed by atoms with van der Waals surface area (Å²) in [6.07, 6.45) is 6.31. The molecule has 0 radical (unpaired) electrons. The molecule has 3 nitrogen and oxygen atoms in total. The third kappa shape index (κ3) is 1.71. The molecule has 0 saturated heterocycles. The number of fused-ring (bicyclic) bond motifs is 5. The molecular formula is C19H26O3. The van der Waals surface area contributed by atoms with E-state index in [1.165, 1.54) is 0 Å². The van der Waals surface area contributed by atoms with Gasteiger partial charge in [-0.2, -0.15) is 0 Å². The van der Waals surface area contributed by atoms with E-state index in [4.69, 9.17) is 0 Å². The monoisotopic (exact) mass is 302 g/mol. The number of rotatable bonds is 0. The van der Waals surface area contributed by atoms with E-state index < -0.39 is 0 Å². The molecule has 22 heavy (non-hydrogen) atoms. The van der Waals surface area contributed by atoms with Gasteiger partial charge in [-0.25, -0.2) is 0 Å². The first-order valence-electron chi connectivity index (χ1n) is 8.94. The third-order valence-corrected chi connectivity index (χ3v) is 7.95. The van der Waals surface area contributed by atoms with Crippen LogP contribution in [0.3, 0.4) is 0 Å². The minimum Gasteiger partial charge on any atom is -0.300 e. The highest BCUT2D eigenvalue weighted by Crippen LogP contribution is 2.63. The van der Waals surface area contributed by atoms with Crippen molar-refractivity contribution in [3.63, 3.8) is 0 Å². The van der Waals surface area contributed by atoms with Crippen molar-refractivity contribution in [3.05, 3.63) is 0 Å². The van der Waals surface area contributed by atoms with Crippen molar-refractivity contribution in [3.8, 4) is 0 Å². The van der Waals surface area contributed by atoms with Gasteiger partial charge in [0, 0.05) is 37.0 Å². The summed E-state index contributed by atoms with van der Waals surface area (Å²) in [6, 6.07) is 0. The van der Waals surface area contributed by atoms with Crippen LogP contribution in [0.4, 0.5) is 0 Å². The second-order valence-corrected chi connectivity index (χ2v) is 8.79. The fourth-order valence-electron chi connectivity index (χ4n) is 6.44. The van der Waals surface area contributed by atoms with Crippen LogP contribution in [0.2, 0.25) is 0 Å². The highest BCUT2D eigenvalue weighted by Gasteiger charge is 2.63. The Bertz CT molecular complexity index is 565. The van der Waals surface area contributed by atoms with Crippen LogP contribution < -0.4 is 0 Å². The molecule has 0 aromatic rings. The quantitative estimate of drug-likeness (QED) is 0.689. The molecule has 4 saturated carbocycles. The normalized spacial score (nSPS) is 51.3. The Hall–Kier alpha value is -0.990. The Morgan fingerprint density at radius 1 is 0.955 bits per heavy atom. The lowest BCUT2D eigenvalue weighted by Crippen LogP contribution is -2.58. The lowest BCUT2D eigenvalue weighted by Gasteiger charge is -2.58. The second-order valence-electron chi connectivity index (χ2n) is 8.79. The lowest BCUT2D eigenvalue weighted by molar-refractivity contribution is -0.163. The van der Waals surface area contributed by atoms with E-state index in [2.05, 4.69) is 13.8 Å². The summed E-state index contributed by atoms with van der Waals surface area (Å²) in [6.45, 7) is 4.37. The molecule has 120 valence electrons. The van der Waals surface area contributed by atoms with Crippen molar-refractivity contribution in [2.24, 2.45) is 34.5 Å². The van der Waals surface area contributed by atoms with Crippen LogP contribution in [0.15, 0.2) is 0 Å². The molecule has 0 aromatic carbocycles. The van der Waals surface area contributed by atoms with Gasteiger partial charge in [0.1, 0.15) is 17.3 Å². The number of hydrogen-bond donors (Lipinski definition) is 0. The molecule has 0 amide bonds. The van der Waals surface area contributed by atoms with Gasteiger partial charge in [-0.1, -0.05) is 20.3 Å². The fraction of sp³-hybridized carbons (Fsp3) is 0.842. The van der Waals surface area contributed by atoms with Gasteiger partial charge < -0.3 is 0 Å². The number of ketones is 3. The van der Waals surface area contributed by atoms with E-state index in [0.717, 1.165) is 25.7 Å². The van der Waals surface area contributed by atoms with Gasteiger partial charge in [-0.05, 0) is 42.4 Å². The Kier molecular flexibility index (Phi) is 3.00. The second kappa shape index (κ2) is 4.52. The van der Waals surface area contributed by atoms with E-state index in [1.54, 1.807) is 0 Å². The highest BCUT2D eigenvalue weighted by atomic mass is 16.1. The molecular weight excluding hydrogens is 276 g/mol. The Morgan fingerprint density at radius 3 is 2.50 bits per heavy atom. The summed E-state index contributed by atoms with van der Waals surface area (Å²) >= 11 is 0. The molecule has 4 fully saturated rings. The fourth-order valence-corrected chi connectivity index (χ4v) is 6.44. The van der Waals surface area contributed by atoms with Crippen LogP contribution in [0.5, 0.6) is 0 Å². The van der Waals surface area contributed by atoms with Gasteiger partial charge in [0.05, 0.1) is 0 Å².